The molecule has 3 rings (SSSR count). The minimum absolute atomic E-state index is 0.425. The van der Waals surface area contributed by atoms with Crippen LogP contribution < -0.4 is 0 Å². The summed E-state index contributed by atoms with van der Waals surface area (Å²) in [5.41, 5.74) is 1.97. The fourth-order valence-corrected chi connectivity index (χ4v) is 3.27. The summed E-state index contributed by atoms with van der Waals surface area (Å²) in [6.45, 7) is 2.17. The molecule has 0 saturated heterocycles. The van der Waals surface area contributed by atoms with Gasteiger partial charge >= 0.3 is 0 Å². The molecule has 0 unspecified atom stereocenters. The highest BCUT2D eigenvalue weighted by molar-refractivity contribution is 6.38. The number of fused-ring (bicyclic) bond motifs is 1. The summed E-state index contributed by atoms with van der Waals surface area (Å²) in [6.07, 6.45) is 4.41. The summed E-state index contributed by atoms with van der Waals surface area (Å²) in [4.78, 5) is 0. The van der Waals surface area contributed by atoms with Crippen molar-refractivity contribution in [1.82, 2.24) is 0 Å². The zero-order chi connectivity index (χ0) is 18.5. The van der Waals surface area contributed by atoms with Crippen molar-refractivity contribution in [2.24, 2.45) is 0 Å². The number of rotatable bonds is 4. The second kappa shape index (κ2) is 8.34. The standard InChI is InChI=1S/C23H19ClF2/c1-2-3-4-5-6-7-16-8-10-21-17(12-16)9-11-22(23(21)24)18-13-19(25)15-20(26)14-18/h8-15H,2-5H2,1H3. The van der Waals surface area contributed by atoms with Gasteiger partial charge in [0.1, 0.15) is 11.6 Å². The second-order valence-corrected chi connectivity index (χ2v) is 6.66. The molecule has 0 aromatic heterocycles. The first-order valence-electron chi connectivity index (χ1n) is 8.76. The van der Waals surface area contributed by atoms with E-state index < -0.39 is 11.6 Å². The Morgan fingerprint density at radius 1 is 0.923 bits per heavy atom. The summed E-state index contributed by atoms with van der Waals surface area (Å²) in [6, 6.07) is 12.9. The van der Waals surface area contributed by atoms with E-state index in [0.717, 1.165) is 35.2 Å². The van der Waals surface area contributed by atoms with E-state index in [0.29, 0.717) is 16.1 Å². The van der Waals surface area contributed by atoms with E-state index >= 15 is 0 Å². The lowest BCUT2D eigenvalue weighted by Crippen LogP contribution is -1.87. The van der Waals surface area contributed by atoms with Crippen LogP contribution in [0, 0.1) is 23.5 Å². The minimum atomic E-state index is -0.621. The normalized spacial score (nSPS) is 10.6. The van der Waals surface area contributed by atoms with E-state index in [1.807, 2.05) is 24.3 Å². The summed E-state index contributed by atoms with van der Waals surface area (Å²) >= 11 is 6.51. The first-order valence-corrected chi connectivity index (χ1v) is 9.14. The number of unbranched alkanes of at least 4 members (excludes halogenated alkanes) is 3. The maximum Gasteiger partial charge on any atom is 0.126 e. The maximum atomic E-state index is 13.5. The quantitative estimate of drug-likeness (QED) is 0.333. The molecule has 26 heavy (non-hydrogen) atoms. The van der Waals surface area contributed by atoms with E-state index in [9.17, 15) is 8.78 Å². The molecule has 0 aliphatic carbocycles. The third kappa shape index (κ3) is 4.23. The topological polar surface area (TPSA) is 0 Å². The molecule has 0 saturated carbocycles. The Morgan fingerprint density at radius 2 is 1.69 bits per heavy atom. The number of hydrogen-bond donors (Lipinski definition) is 0. The van der Waals surface area contributed by atoms with Gasteiger partial charge in [0.15, 0.2) is 0 Å². The molecule has 0 spiro atoms. The number of benzene rings is 3. The lowest BCUT2D eigenvalue weighted by atomic mass is 9.99. The average molecular weight is 369 g/mol. The van der Waals surface area contributed by atoms with Crippen LogP contribution in [0.2, 0.25) is 5.02 Å². The van der Waals surface area contributed by atoms with Crippen LogP contribution in [-0.2, 0) is 0 Å². The molecule has 0 radical (unpaired) electrons. The van der Waals surface area contributed by atoms with Crippen LogP contribution in [0.25, 0.3) is 21.9 Å². The van der Waals surface area contributed by atoms with Gasteiger partial charge in [-0.1, -0.05) is 61.4 Å². The molecule has 0 nitrogen and oxygen atoms in total. The Hall–Kier alpha value is -2.37. The van der Waals surface area contributed by atoms with Gasteiger partial charge in [-0.3, -0.25) is 0 Å². The van der Waals surface area contributed by atoms with Crippen molar-refractivity contribution in [3.05, 3.63) is 70.8 Å². The molecule has 0 N–H and O–H groups in total. The first-order chi connectivity index (χ1) is 12.6. The molecule has 0 heterocycles. The molecule has 3 heteroatoms. The van der Waals surface area contributed by atoms with Gasteiger partial charge in [-0.15, -0.1) is 0 Å². The van der Waals surface area contributed by atoms with Crippen LogP contribution in [0.3, 0.4) is 0 Å². The van der Waals surface area contributed by atoms with E-state index in [1.54, 1.807) is 6.07 Å². The number of hydrogen-bond acceptors (Lipinski definition) is 0. The molecule has 132 valence electrons. The van der Waals surface area contributed by atoms with Crippen molar-refractivity contribution in [3.63, 3.8) is 0 Å². The molecule has 0 fully saturated rings. The largest absolute Gasteiger partial charge is 0.207 e. The predicted molar refractivity (Wildman–Crippen MR) is 105 cm³/mol. The monoisotopic (exact) mass is 368 g/mol. The van der Waals surface area contributed by atoms with Crippen LogP contribution in [0.15, 0.2) is 48.5 Å². The smallest absolute Gasteiger partial charge is 0.126 e. The Balaban J connectivity index is 1.94. The van der Waals surface area contributed by atoms with E-state index in [4.69, 9.17) is 11.6 Å². The number of halogens is 3. The van der Waals surface area contributed by atoms with Crippen LogP contribution >= 0.6 is 11.6 Å². The van der Waals surface area contributed by atoms with Crippen molar-refractivity contribution in [2.45, 2.75) is 32.6 Å². The van der Waals surface area contributed by atoms with Crippen LogP contribution in [0.4, 0.5) is 8.78 Å². The predicted octanol–water partition coefficient (Wildman–Crippen LogP) is 7.37. The molecule has 3 aromatic rings. The Kier molecular flexibility index (Phi) is 5.91. The molecular weight excluding hydrogens is 350 g/mol. The van der Waals surface area contributed by atoms with Crippen LogP contribution in [-0.4, -0.2) is 0 Å². The highest BCUT2D eigenvalue weighted by Crippen LogP contribution is 2.35. The van der Waals surface area contributed by atoms with Crippen molar-refractivity contribution in [2.75, 3.05) is 0 Å². The SMILES string of the molecule is CCCCCC#Cc1ccc2c(Cl)c(-c3cc(F)cc(F)c3)ccc2c1. The third-order valence-corrected chi connectivity index (χ3v) is 4.67. The minimum Gasteiger partial charge on any atom is -0.207 e. The first kappa shape index (κ1) is 18.4. The van der Waals surface area contributed by atoms with E-state index in [2.05, 4.69) is 18.8 Å². The van der Waals surface area contributed by atoms with Gasteiger partial charge in [-0.2, -0.15) is 0 Å². The lowest BCUT2D eigenvalue weighted by Gasteiger charge is -2.09. The third-order valence-electron chi connectivity index (χ3n) is 4.27. The van der Waals surface area contributed by atoms with Gasteiger partial charge in [0.25, 0.3) is 0 Å². The Bertz CT molecular complexity index is 976. The molecule has 0 bridgehead atoms. The van der Waals surface area contributed by atoms with Crippen molar-refractivity contribution in [1.29, 1.82) is 0 Å². The van der Waals surface area contributed by atoms with Crippen LogP contribution in [0.5, 0.6) is 0 Å². The highest BCUT2D eigenvalue weighted by Gasteiger charge is 2.10. The Labute approximate surface area is 157 Å². The average Bonchev–Trinajstić information content (AvgIpc) is 2.61. The van der Waals surface area contributed by atoms with Gasteiger partial charge in [0.2, 0.25) is 0 Å². The van der Waals surface area contributed by atoms with Crippen molar-refractivity contribution < 1.29 is 8.78 Å². The molecule has 0 amide bonds. The molecule has 0 aliphatic rings. The van der Waals surface area contributed by atoms with Crippen molar-refractivity contribution >= 4 is 22.4 Å². The molecule has 0 atom stereocenters. The molecule has 3 aromatic carbocycles. The summed E-state index contributed by atoms with van der Waals surface area (Å²) < 4.78 is 27.0. The van der Waals surface area contributed by atoms with Gasteiger partial charge in [0, 0.05) is 29.0 Å². The van der Waals surface area contributed by atoms with Crippen molar-refractivity contribution in [3.8, 4) is 23.0 Å². The van der Waals surface area contributed by atoms with Gasteiger partial charge in [-0.05, 0) is 41.6 Å². The van der Waals surface area contributed by atoms with Gasteiger partial charge in [0.05, 0.1) is 5.02 Å². The summed E-state index contributed by atoms with van der Waals surface area (Å²) in [5, 5.41) is 2.27. The molecule has 0 aliphatic heterocycles. The second-order valence-electron chi connectivity index (χ2n) is 6.28. The zero-order valence-corrected chi connectivity index (χ0v) is 15.3. The zero-order valence-electron chi connectivity index (χ0n) is 14.6. The molecular formula is C23H19ClF2. The Morgan fingerprint density at radius 3 is 2.42 bits per heavy atom. The van der Waals surface area contributed by atoms with E-state index in [-0.39, 0.29) is 0 Å². The maximum absolute atomic E-state index is 13.5. The fourth-order valence-electron chi connectivity index (χ4n) is 2.93. The summed E-state index contributed by atoms with van der Waals surface area (Å²) in [7, 11) is 0. The lowest BCUT2D eigenvalue weighted by molar-refractivity contribution is 0.584. The van der Waals surface area contributed by atoms with Gasteiger partial charge < -0.3 is 0 Å². The van der Waals surface area contributed by atoms with Gasteiger partial charge in [-0.25, -0.2) is 8.78 Å². The van der Waals surface area contributed by atoms with Crippen LogP contribution in [0.1, 0.15) is 38.2 Å². The fraction of sp³-hybridized carbons (Fsp3) is 0.217. The van der Waals surface area contributed by atoms with E-state index in [1.165, 1.54) is 25.0 Å². The summed E-state index contributed by atoms with van der Waals surface area (Å²) in [5.74, 6) is 5.14. The highest BCUT2D eigenvalue weighted by atomic mass is 35.5.